The van der Waals surface area contributed by atoms with Crippen molar-refractivity contribution in [2.24, 2.45) is 0 Å². The lowest BCUT2D eigenvalue weighted by atomic mass is 10.3. The Morgan fingerprint density at radius 2 is 2.10 bits per heavy atom. The van der Waals surface area contributed by atoms with Crippen LogP contribution in [0.15, 0.2) is 0 Å². The first-order valence-corrected chi connectivity index (χ1v) is 7.33. The summed E-state index contributed by atoms with van der Waals surface area (Å²) in [7, 11) is 0. The van der Waals surface area contributed by atoms with E-state index in [1.165, 1.54) is 0 Å². The Hall–Kier alpha value is -1.14. The van der Waals surface area contributed by atoms with E-state index in [0.717, 1.165) is 19.3 Å². The van der Waals surface area contributed by atoms with Crippen molar-refractivity contribution in [1.82, 2.24) is 10.2 Å². The van der Waals surface area contributed by atoms with Gasteiger partial charge in [-0.05, 0) is 33.1 Å². The topological polar surface area (TPSA) is 78.9 Å². The van der Waals surface area contributed by atoms with Gasteiger partial charge in [0.25, 0.3) is 0 Å². The molecule has 0 aromatic rings. The van der Waals surface area contributed by atoms with Crippen LogP contribution in [0.1, 0.15) is 39.5 Å². The molecule has 0 bridgehead atoms. The fourth-order valence-electron chi connectivity index (χ4n) is 1.93. The van der Waals surface area contributed by atoms with E-state index < -0.39 is 5.97 Å². The van der Waals surface area contributed by atoms with Gasteiger partial charge in [0.05, 0.1) is 19.1 Å². The first kappa shape index (κ1) is 16.9. The van der Waals surface area contributed by atoms with E-state index in [9.17, 15) is 9.59 Å². The number of aliphatic carboxylic acids is 1. The summed E-state index contributed by atoms with van der Waals surface area (Å²) in [6.45, 7) is 5.95. The molecule has 6 heteroatoms. The van der Waals surface area contributed by atoms with Gasteiger partial charge >= 0.3 is 5.97 Å². The fourth-order valence-corrected chi connectivity index (χ4v) is 1.93. The third kappa shape index (κ3) is 8.12. The summed E-state index contributed by atoms with van der Waals surface area (Å²) in [4.78, 5) is 24.3. The average molecular weight is 286 g/mol. The maximum absolute atomic E-state index is 11.8. The summed E-state index contributed by atoms with van der Waals surface area (Å²) in [5.74, 6) is -0.853. The summed E-state index contributed by atoms with van der Waals surface area (Å²) in [5, 5.41) is 11.6. The lowest BCUT2D eigenvalue weighted by Crippen LogP contribution is -2.40. The van der Waals surface area contributed by atoms with Crippen molar-refractivity contribution in [1.29, 1.82) is 0 Å². The zero-order valence-electron chi connectivity index (χ0n) is 12.4. The molecule has 0 radical (unpaired) electrons. The number of rotatable bonds is 11. The van der Waals surface area contributed by atoms with Crippen LogP contribution in [-0.4, -0.2) is 60.3 Å². The highest BCUT2D eigenvalue weighted by atomic mass is 16.5. The molecule has 1 aliphatic carbocycles. The second-order valence-corrected chi connectivity index (χ2v) is 5.47. The van der Waals surface area contributed by atoms with Crippen molar-refractivity contribution in [3.05, 3.63) is 0 Å². The van der Waals surface area contributed by atoms with Gasteiger partial charge in [0.2, 0.25) is 5.91 Å². The third-order valence-electron chi connectivity index (χ3n) is 3.12. The van der Waals surface area contributed by atoms with Gasteiger partial charge in [-0.2, -0.15) is 0 Å². The molecule has 0 aromatic heterocycles. The molecule has 0 unspecified atom stereocenters. The summed E-state index contributed by atoms with van der Waals surface area (Å²) < 4.78 is 5.39. The molecule has 0 aliphatic heterocycles. The molecule has 116 valence electrons. The minimum absolute atomic E-state index is 0.0353. The summed E-state index contributed by atoms with van der Waals surface area (Å²) in [6.07, 6.45) is 3.23. The lowest BCUT2D eigenvalue weighted by Gasteiger charge is -2.20. The highest BCUT2D eigenvalue weighted by Crippen LogP contribution is 2.26. The Bertz CT molecular complexity index is 316. The number of hydrogen-bond donors (Lipinski definition) is 2. The van der Waals surface area contributed by atoms with Gasteiger partial charge in [-0.25, -0.2) is 0 Å². The van der Waals surface area contributed by atoms with Gasteiger partial charge in [-0.1, -0.05) is 0 Å². The zero-order chi connectivity index (χ0) is 15.0. The fraction of sp³-hybridized carbons (Fsp3) is 0.857. The minimum Gasteiger partial charge on any atom is -0.481 e. The molecular formula is C14H26N2O4. The number of hydrogen-bond acceptors (Lipinski definition) is 4. The van der Waals surface area contributed by atoms with Gasteiger partial charge < -0.3 is 15.2 Å². The maximum atomic E-state index is 11.8. The Labute approximate surface area is 120 Å². The molecule has 1 aliphatic rings. The first-order chi connectivity index (χ1) is 9.49. The normalized spacial score (nSPS) is 14.8. The van der Waals surface area contributed by atoms with Crippen molar-refractivity contribution in [2.75, 3.05) is 26.2 Å². The molecule has 0 saturated heterocycles. The number of amides is 1. The van der Waals surface area contributed by atoms with Crippen molar-refractivity contribution < 1.29 is 19.4 Å². The van der Waals surface area contributed by atoms with E-state index in [1.807, 2.05) is 18.7 Å². The quantitative estimate of drug-likeness (QED) is 0.551. The molecule has 0 heterocycles. The summed E-state index contributed by atoms with van der Waals surface area (Å²) in [6, 6.07) is 0.393. The van der Waals surface area contributed by atoms with Crippen molar-refractivity contribution in [3.8, 4) is 0 Å². The Balaban J connectivity index is 2.13. The van der Waals surface area contributed by atoms with Crippen molar-refractivity contribution in [3.63, 3.8) is 0 Å². The highest BCUT2D eigenvalue weighted by Gasteiger charge is 2.30. The predicted molar refractivity (Wildman–Crippen MR) is 75.6 cm³/mol. The van der Waals surface area contributed by atoms with Gasteiger partial charge in [0.15, 0.2) is 0 Å². The van der Waals surface area contributed by atoms with Crippen LogP contribution in [0.2, 0.25) is 0 Å². The van der Waals surface area contributed by atoms with Crippen molar-refractivity contribution in [2.45, 2.75) is 51.7 Å². The SMILES string of the molecule is CC(C)OCCCNC(=O)CN(CCC(=O)O)C1CC1. The maximum Gasteiger partial charge on any atom is 0.304 e. The largest absolute Gasteiger partial charge is 0.481 e. The third-order valence-corrected chi connectivity index (χ3v) is 3.12. The summed E-state index contributed by atoms with van der Waals surface area (Å²) in [5.41, 5.74) is 0. The Kier molecular flexibility index (Phi) is 7.54. The van der Waals surface area contributed by atoms with Crippen LogP contribution in [0.4, 0.5) is 0 Å². The van der Waals surface area contributed by atoms with Crippen LogP contribution in [-0.2, 0) is 14.3 Å². The van der Waals surface area contributed by atoms with E-state index >= 15 is 0 Å². The van der Waals surface area contributed by atoms with Crippen LogP contribution >= 0.6 is 0 Å². The molecule has 0 aromatic carbocycles. The zero-order valence-corrected chi connectivity index (χ0v) is 12.4. The highest BCUT2D eigenvalue weighted by molar-refractivity contribution is 5.78. The number of nitrogens with zero attached hydrogens (tertiary/aromatic N) is 1. The molecule has 0 atom stereocenters. The van der Waals surface area contributed by atoms with Crippen LogP contribution in [0.25, 0.3) is 0 Å². The van der Waals surface area contributed by atoms with Gasteiger partial charge in [0, 0.05) is 25.7 Å². The minimum atomic E-state index is -0.818. The van der Waals surface area contributed by atoms with E-state index in [1.54, 1.807) is 0 Å². The van der Waals surface area contributed by atoms with Crippen LogP contribution < -0.4 is 5.32 Å². The molecule has 6 nitrogen and oxygen atoms in total. The van der Waals surface area contributed by atoms with Crippen molar-refractivity contribution >= 4 is 11.9 Å². The van der Waals surface area contributed by atoms with E-state index in [2.05, 4.69) is 5.32 Å². The summed E-state index contributed by atoms with van der Waals surface area (Å²) >= 11 is 0. The molecule has 20 heavy (non-hydrogen) atoms. The first-order valence-electron chi connectivity index (χ1n) is 7.33. The number of nitrogens with one attached hydrogen (secondary N) is 1. The number of carboxylic acids is 1. The molecule has 0 spiro atoms. The number of ether oxygens (including phenoxy) is 1. The molecule has 1 amide bonds. The molecule has 2 N–H and O–H groups in total. The van der Waals surface area contributed by atoms with Crippen LogP contribution in [0, 0.1) is 0 Å². The second kappa shape index (κ2) is 8.92. The van der Waals surface area contributed by atoms with Gasteiger partial charge in [0.1, 0.15) is 0 Å². The lowest BCUT2D eigenvalue weighted by molar-refractivity contribution is -0.137. The second-order valence-electron chi connectivity index (χ2n) is 5.47. The van der Waals surface area contributed by atoms with Gasteiger partial charge in [-0.3, -0.25) is 14.5 Å². The van der Waals surface area contributed by atoms with E-state index in [-0.39, 0.29) is 18.4 Å². The standard InChI is InChI=1S/C14H26N2O4/c1-11(2)20-9-3-7-15-13(17)10-16(12-4-5-12)8-6-14(18)19/h11-12H,3-10H2,1-2H3,(H,15,17)(H,18,19). The smallest absolute Gasteiger partial charge is 0.304 e. The van der Waals surface area contributed by atoms with E-state index in [0.29, 0.717) is 32.3 Å². The van der Waals surface area contributed by atoms with Gasteiger partial charge in [-0.15, -0.1) is 0 Å². The molecule has 1 fully saturated rings. The average Bonchev–Trinajstić information content (AvgIpc) is 3.17. The molecule has 1 saturated carbocycles. The van der Waals surface area contributed by atoms with E-state index in [4.69, 9.17) is 9.84 Å². The van der Waals surface area contributed by atoms with Crippen LogP contribution in [0.3, 0.4) is 0 Å². The number of carboxylic acid groups (broad SMARTS) is 1. The number of carbonyl (C=O) groups is 2. The Morgan fingerprint density at radius 3 is 2.65 bits per heavy atom. The predicted octanol–water partition coefficient (Wildman–Crippen LogP) is 0.857. The monoisotopic (exact) mass is 286 g/mol. The Morgan fingerprint density at radius 1 is 1.40 bits per heavy atom. The molecule has 1 rings (SSSR count). The molecular weight excluding hydrogens is 260 g/mol. The van der Waals surface area contributed by atoms with Crippen LogP contribution in [0.5, 0.6) is 0 Å². The number of carbonyl (C=O) groups excluding carboxylic acids is 1.